The van der Waals surface area contributed by atoms with Gasteiger partial charge in [0.15, 0.2) is 18.2 Å². The van der Waals surface area contributed by atoms with Crippen molar-refractivity contribution < 1.29 is 13.9 Å². The van der Waals surface area contributed by atoms with E-state index in [1.165, 1.54) is 23.5 Å². The molecule has 0 amide bonds. The lowest BCUT2D eigenvalue weighted by Crippen LogP contribution is -2.10. The first-order valence-electron chi connectivity index (χ1n) is 4.81. The lowest BCUT2D eigenvalue weighted by molar-refractivity contribution is 0.0923. The van der Waals surface area contributed by atoms with Gasteiger partial charge in [-0.2, -0.15) is 0 Å². The van der Waals surface area contributed by atoms with Crippen molar-refractivity contribution in [3.8, 4) is 5.75 Å². The lowest BCUT2D eigenvalue weighted by Gasteiger charge is -2.05. The van der Waals surface area contributed by atoms with E-state index in [1.54, 1.807) is 18.2 Å². The summed E-state index contributed by atoms with van der Waals surface area (Å²) in [5, 5.41) is 1.81. The zero-order valence-corrected chi connectivity index (χ0v) is 11.1. The van der Waals surface area contributed by atoms with Crippen LogP contribution in [-0.2, 0) is 0 Å². The number of ether oxygens (including phenoxy) is 1. The highest BCUT2D eigenvalue weighted by atomic mass is 79.9. The Morgan fingerprint density at radius 3 is 2.88 bits per heavy atom. The van der Waals surface area contributed by atoms with E-state index in [2.05, 4.69) is 15.9 Å². The van der Waals surface area contributed by atoms with Gasteiger partial charge in [0.05, 0.1) is 4.88 Å². The average Bonchev–Trinajstić information content (AvgIpc) is 2.81. The smallest absolute Gasteiger partial charge is 0.210 e. The molecule has 0 aliphatic heterocycles. The van der Waals surface area contributed by atoms with E-state index in [-0.39, 0.29) is 18.1 Å². The number of ketones is 1. The summed E-state index contributed by atoms with van der Waals surface area (Å²) in [4.78, 5) is 12.2. The van der Waals surface area contributed by atoms with E-state index >= 15 is 0 Å². The van der Waals surface area contributed by atoms with Gasteiger partial charge in [0.2, 0.25) is 5.78 Å². The zero-order chi connectivity index (χ0) is 12.3. The van der Waals surface area contributed by atoms with Crippen LogP contribution in [0.3, 0.4) is 0 Å². The SMILES string of the molecule is O=C(COc1ccc(Br)cc1F)c1cccs1. The van der Waals surface area contributed by atoms with Gasteiger partial charge in [0, 0.05) is 4.47 Å². The Kier molecular flexibility index (Phi) is 3.91. The summed E-state index contributed by atoms with van der Waals surface area (Å²) in [5.74, 6) is -0.557. The minimum Gasteiger partial charge on any atom is -0.482 e. The van der Waals surface area contributed by atoms with Gasteiger partial charge in [-0.3, -0.25) is 4.79 Å². The summed E-state index contributed by atoms with van der Waals surface area (Å²) >= 11 is 4.49. The van der Waals surface area contributed by atoms with Crippen LogP contribution in [0.15, 0.2) is 40.2 Å². The van der Waals surface area contributed by atoms with Gasteiger partial charge in [-0.1, -0.05) is 22.0 Å². The summed E-state index contributed by atoms with van der Waals surface area (Å²) in [6.45, 7) is -0.154. The molecule has 0 N–H and O–H groups in total. The molecule has 17 heavy (non-hydrogen) atoms. The molecule has 88 valence electrons. The van der Waals surface area contributed by atoms with E-state index in [0.29, 0.717) is 9.35 Å². The van der Waals surface area contributed by atoms with Crippen molar-refractivity contribution in [1.82, 2.24) is 0 Å². The van der Waals surface area contributed by atoms with Gasteiger partial charge in [-0.15, -0.1) is 11.3 Å². The molecule has 0 bridgehead atoms. The molecule has 0 fully saturated rings. The molecule has 2 nitrogen and oxygen atoms in total. The van der Waals surface area contributed by atoms with Crippen LogP contribution in [0.4, 0.5) is 4.39 Å². The van der Waals surface area contributed by atoms with Crippen molar-refractivity contribution in [1.29, 1.82) is 0 Å². The Morgan fingerprint density at radius 1 is 1.41 bits per heavy atom. The van der Waals surface area contributed by atoms with Crippen LogP contribution in [-0.4, -0.2) is 12.4 Å². The maximum atomic E-state index is 13.4. The van der Waals surface area contributed by atoms with Gasteiger partial charge in [-0.05, 0) is 29.6 Å². The molecule has 0 spiro atoms. The van der Waals surface area contributed by atoms with Crippen LogP contribution in [0.2, 0.25) is 0 Å². The van der Waals surface area contributed by atoms with Gasteiger partial charge >= 0.3 is 0 Å². The highest BCUT2D eigenvalue weighted by molar-refractivity contribution is 9.10. The van der Waals surface area contributed by atoms with E-state index < -0.39 is 5.82 Å². The lowest BCUT2D eigenvalue weighted by atomic mass is 10.3. The predicted octanol–water partition coefficient (Wildman–Crippen LogP) is 3.91. The minimum atomic E-state index is -0.488. The second-order valence-electron chi connectivity index (χ2n) is 3.26. The molecule has 5 heteroatoms. The quantitative estimate of drug-likeness (QED) is 0.800. The van der Waals surface area contributed by atoms with E-state index in [1.807, 2.05) is 5.38 Å². The third-order valence-corrected chi connectivity index (χ3v) is 3.45. The Bertz CT molecular complexity index is 525. The largest absolute Gasteiger partial charge is 0.482 e. The molecule has 0 aliphatic rings. The monoisotopic (exact) mass is 314 g/mol. The van der Waals surface area contributed by atoms with Crippen molar-refractivity contribution in [3.05, 3.63) is 50.9 Å². The maximum absolute atomic E-state index is 13.4. The van der Waals surface area contributed by atoms with Gasteiger partial charge in [0.25, 0.3) is 0 Å². The number of carbonyl (C=O) groups excluding carboxylic acids is 1. The van der Waals surface area contributed by atoms with Gasteiger partial charge in [0.1, 0.15) is 0 Å². The second-order valence-corrected chi connectivity index (χ2v) is 5.13. The minimum absolute atomic E-state index is 0.0816. The Balaban J connectivity index is 2.01. The fraction of sp³-hybridized carbons (Fsp3) is 0.0833. The number of hydrogen-bond donors (Lipinski definition) is 0. The maximum Gasteiger partial charge on any atom is 0.210 e. The number of thiophene rings is 1. The molecule has 0 saturated carbocycles. The number of hydrogen-bond acceptors (Lipinski definition) is 3. The molecule has 2 rings (SSSR count). The third kappa shape index (κ3) is 3.14. The summed E-state index contributed by atoms with van der Waals surface area (Å²) in [6, 6.07) is 7.95. The summed E-state index contributed by atoms with van der Waals surface area (Å²) in [6.07, 6.45) is 0. The normalized spacial score (nSPS) is 10.2. The molecular weight excluding hydrogens is 307 g/mol. The van der Waals surface area contributed by atoms with Crippen molar-refractivity contribution in [3.63, 3.8) is 0 Å². The van der Waals surface area contributed by atoms with Gasteiger partial charge in [-0.25, -0.2) is 4.39 Å². The van der Waals surface area contributed by atoms with E-state index in [0.717, 1.165) is 0 Å². The van der Waals surface area contributed by atoms with Crippen LogP contribution in [0, 0.1) is 5.82 Å². The number of Topliss-reactive ketones (excluding diaryl/α,β-unsaturated/α-hetero) is 1. The Morgan fingerprint density at radius 2 is 2.24 bits per heavy atom. The van der Waals surface area contributed by atoms with Crippen molar-refractivity contribution >= 4 is 33.0 Å². The number of rotatable bonds is 4. The first kappa shape index (κ1) is 12.3. The van der Waals surface area contributed by atoms with E-state index in [9.17, 15) is 9.18 Å². The highest BCUT2D eigenvalue weighted by Crippen LogP contribution is 2.21. The summed E-state index contributed by atoms with van der Waals surface area (Å²) in [7, 11) is 0. The molecule has 1 aromatic heterocycles. The molecule has 0 aliphatic carbocycles. The topological polar surface area (TPSA) is 26.3 Å². The van der Waals surface area contributed by atoms with Gasteiger partial charge < -0.3 is 4.74 Å². The first-order chi connectivity index (χ1) is 8.16. The van der Waals surface area contributed by atoms with Crippen LogP contribution < -0.4 is 4.74 Å². The second kappa shape index (κ2) is 5.42. The van der Waals surface area contributed by atoms with Crippen LogP contribution in [0.5, 0.6) is 5.75 Å². The molecule has 0 unspecified atom stereocenters. The van der Waals surface area contributed by atoms with E-state index in [4.69, 9.17) is 4.74 Å². The third-order valence-electron chi connectivity index (χ3n) is 2.05. The molecule has 2 aromatic rings. The van der Waals surface area contributed by atoms with Crippen molar-refractivity contribution in [2.45, 2.75) is 0 Å². The fourth-order valence-corrected chi connectivity index (χ4v) is 2.23. The summed E-state index contributed by atoms with van der Waals surface area (Å²) < 4.78 is 19.1. The van der Waals surface area contributed by atoms with Crippen LogP contribution >= 0.6 is 27.3 Å². The average molecular weight is 315 g/mol. The predicted molar refractivity (Wildman–Crippen MR) is 68.2 cm³/mol. The summed E-state index contributed by atoms with van der Waals surface area (Å²) in [5.41, 5.74) is 0. The van der Waals surface area contributed by atoms with Crippen molar-refractivity contribution in [2.24, 2.45) is 0 Å². The zero-order valence-electron chi connectivity index (χ0n) is 8.65. The number of benzene rings is 1. The number of carbonyl (C=O) groups is 1. The molecule has 0 saturated heterocycles. The molecule has 0 atom stereocenters. The van der Waals surface area contributed by atoms with Crippen LogP contribution in [0.25, 0.3) is 0 Å². The number of halogens is 2. The Labute approximate surface area is 110 Å². The molecule has 1 heterocycles. The Hall–Kier alpha value is -1.20. The standard InChI is InChI=1S/C12H8BrFO2S/c13-8-3-4-11(9(14)6-8)16-7-10(15)12-2-1-5-17-12/h1-6H,7H2. The fourth-order valence-electron chi connectivity index (χ4n) is 1.24. The molecular formula is C12H8BrFO2S. The highest BCUT2D eigenvalue weighted by Gasteiger charge is 2.10. The van der Waals surface area contributed by atoms with Crippen LogP contribution in [0.1, 0.15) is 9.67 Å². The first-order valence-corrected chi connectivity index (χ1v) is 6.48. The molecule has 0 radical (unpaired) electrons. The molecule has 1 aromatic carbocycles. The van der Waals surface area contributed by atoms with Crippen molar-refractivity contribution in [2.75, 3.05) is 6.61 Å².